The third-order valence-electron chi connectivity index (χ3n) is 13.1. The van der Waals surface area contributed by atoms with Crippen molar-refractivity contribution in [1.82, 2.24) is 36.0 Å². The van der Waals surface area contributed by atoms with Gasteiger partial charge in [0.1, 0.15) is 0 Å². The van der Waals surface area contributed by atoms with Crippen LogP contribution >= 0.6 is 12.2 Å². The summed E-state index contributed by atoms with van der Waals surface area (Å²) in [5.74, 6) is 0.641. The molecule has 9 nitrogen and oxygen atoms in total. The lowest BCUT2D eigenvalue weighted by molar-refractivity contribution is -0.118. The summed E-state index contributed by atoms with van der Waals surface area (Å²) in [7, 11) is 4.54. The standard InChI is InChI=1S/C36H72N6O2.C11H21NS/c1-29(43)37-21-17-13-14-18-22-38-32(44)42(31-27-35(6,7)40-36(8,9)28-31)24-20-16-12-11-15-19-23-41(10)30-25-33(2,3)39-34(4,5)26-30;1-10(2)6-9(8-13)7-11(3,4)12(10)5/h30-31,39-40H,11-28H2,1-10H3,(H,37,43)(H,38,44);8-9H,6-7H2,1-5H3. The smallest absolute Gasteiger partial charge is 0.317 e. The van der Waals surface area contributed by atoms with Crippen LogP contribution in [0, 0.1) is 5.92 Å². The van der Waals surface area contributed by atoms with Gasteiger partial charge in [-0.05, 0) is 179 Å². The molecule has 0 bridgehead atoms. The number of carbonyl (C=O) groups is 2. The SMILES string of the molecule is CC(=O)NCCCCCCNC(=O)N(CCCCCCCCN(C)C1CC(C)(C)NC(C)(C)C1)C1CC(C)(C)NC(C)(C)C1.CN1C(C)(C)CC(C=S)CC1(C)C. The van der Waals surface area contributed by atoms with Gasteiger partial charge in [0.2, 0.25) is 5.91 Å². The summed E-state index contributed by atoms with van der Waals surface area (Å²) in [6.07, 6.45) is 18.2. The molecule has 3 aliphatic heterocycles. The highest BCUT2D eigenvalue weighted by molar-refractivity contribution is 7.79. The van der Waals surface area contributed by atoms with Crippen LogP contribution in [0.25, 0.3) is 0 Å². The number of rotatable bonds is 19. The zero-order valence-corrected chi connectivity index (χ0v) is 40.8. The molecule has 0 saturated carbocycles. The van der Waals surface area contributed by atoms with E-state index in [0.29, 0.717) is 18.5 Å². The van der Waals surface area contributed by atoms with Gasteiger partial charge in [0.15, 0.2) is 0 Å². The number of nitrogens with one attached hydrogen (secondary N) is 4. The summed E-state index contributed by atoms with van der Waals surface area (Å²) in [4.78, 5) is 31.8. The predicted molar refractivity (Wildman–Crippen MR) is 249 cm³/mol. The summed E-state index contributed by atoms with van der Waals surface area (Å²) in [6, 6.07) is 1.01. The molecule has 0 spiro atoms. The van der Waals surface area contributed by atoms with Gasteiger partial charge in [-0.15, -0.1) is 0 Å². The van der Waals surface area contributed by atoms with Gasteiger partial charge in [-0.25, -0.2) is 4.79 Å². The van der Waals surface area contributed by atoms with Crippen LogP contribution in [-0.4, -0.2) is 118 Å². The van der Waals surface area contributed by atoms with Crippen LogP contribution in [0.1, 0.15) is 193 Å². The number of nitrogens with zero attached hydrogens (tertiary/aromatic N) is 3. The monoisotopic (exact) mass is 820 g/mol. The minimum Gasteiger partial charge on any atom is -0.356 e. The molecule has 0 atom stereocenters. The van der Waals surface area contributed by atoms with Gasteiger partial charge >= 0.3 is 6.03 Å². The van der Waals surface area contributed by atoms with Crippen molar-refractivity contribution < 1.29 is 9.59 Å². The van der Waals surface area contributed by atoms with Crippen molar-refractivity contribution in [3.8, 4) is 0 Å². The van der Waals surface area contributed by atoms with Crippen molar-refractivity contribution in [2.75, 3.05) is 40.3 Å². The lowest BCUT2D eigenvalue weighted by Gasteiger charge is -2.53. The molecule has 0 aromatic carbocycles. The molecule has 3 heterocycles. The first kappa shape index (κ1) is 51.8. The summed E-state index contributed by atoms with van der Waals surface area (Å²) in [6.45, 7) is 32.7. The molecule has 0 radical (unpaired) electrons. The van der Waals surface area contributed by atoms with Crippen LogP contribution in [0.3, 0.4) is 0 Å². The lowest BCUT2D eigenvalue weighted by atomic mass is 9.75. The van der Waals surface area contributed by atoms with Crippen molar-refractivity contribution in [2.24, 2.45) is 5.92 Å². The number of amides is 3. The topological polar surface area (TPSA) is 92.0 Å². The Balaban J connectivity index is 0.000000726. The molecule has 0 aromatic heterocycles. The Morgan fingerprint density at radius 3 is 1.44 bits per heavy atom. The van der Waals surface area contributed by atoms with Gasteiger partial charge < -0.3 is 31.1 Å². The van der Waals surface area contributed by atoms with Crippen LogP contribution < -0.4 is 21.3 Å². The maximum Gasteiger partial charge on any atom is 0.317 e. The Labute approximate surface area is 358 Å². The second kappa shape index (κ2) is 22.5. The average molecular weight is 820 g/mol. The highest BCUT2D eigenvalue weighted by atomic mass is 32.1. The van der Waals surface area contributed by atoms with Gasteiger partial charge in [-0.3, -0.25) is 9.69 Å². The molecule has 3 aliphatic rings. The fraction of sp³-hybridized carbons (Fsp3) is 0.936. The van der Waals surface area contributed by atoms with Gasteiger partial charge in [0, 0.05) is 71.9 Å². The van der Waals surface area contributed by atoms with Crippen molar-refractivity contribution in [1.29, 1.82) is 0 Å². The van der Waals surface area contributed by atoms with Crippen molar-refractivity contribution in [2.45, 2.75) is 238 Å². The van der Waals surface area contributed by atoms with Crippen molar-refractivity contribution >= 4 is 29.5 Å². The Kier molecular flexibility index (Phi) is 20.4. The van der Waals surface area contributed by atoms with Gasteiger partial charge in [-0.2, -0.15) is 0 Å². The van der Waals surface area contributed by atoms with Gasteiger partial charge in [0.05, 0.1) is 0 Å². The van der Waals surface area contributed by atoms with Crippen LogP contribution in [0.4, 0.5) is 4.79 Å². The Hall–Kier alpha value is -1.33. The molecule has 3 saturated heterocycles. The van der Waals surface area contributed by atoms with Crippen LogP contribution in [-0.2, 0) is 4.79 Å². The van der Waals surface area contributed by atoms with E-state index in [1.54, 1.807) is 6.92 Å². The van der Waals surface area contributed by atoms with E-state index in [0.717, 1.165) is 58.0 Å². The number of hydrogen-bond donors (Lipinski definition) is 4. The number of thiocarbonyl (C=S) groups is 1. The highest BCUT2D eigenvalue weighted by Crippen LogP contribution is 2.39. The fourth-order valence-corrected chi connectivity index (χ4v) is 11.0. The number of likely N-dealkylation sites (tertiary alicyclic amines) is 1. The van der Waals surface area contributed by atoms with Crippen LogP contribution in [0.15, 0.2) is 0 Å². The molecular formula is C47H93N7O2S. The number of unbranched alkanes of at least 4 members (excludes halogenated alkanes) is 8. The molecule has 3 amide bonds. The molecule has 3 rings (SSSR count). The Morgan fingerprint density at radius 1 is 0.614 bits per heavy atom. The van der Waals surface area contributed by atoms with E-state index in [2.05, 4.69) is 133 Å². The van der Waals surface area contributed by atoms with E-state index >= 15 is 0 Å². The highest BCUT2D eigenvalue weighted by Gasteiger charge is 2.43. The Bertz CT molecular complexity index is 1180. The minimum atomic E-state index is 0.00561. The molecule has 334 valence electrons. The zero-order chi connectivity index (χ0) is 43.3. The summed E-state index contributed by atoms with van der Waals surface area (Å²) in [5.41, 5.74) is 0.960. The lowest BCUT2D eigenvalue weighted by Crippen LogP contribution is -2.63. The molecule has 4 N–H and O–H groups in total. The third kappa shape index (κ3) is 19.3. The first-order valence-corrected chi connectivity index (χ1v) is 23.4. The number of carbonyl (C=O) groups excluding carboxylic acids is 2. The van der Waals surface area contributed by atoms with E-state index in [-0.39, 0.29) is 51.2 Å². The maximum atomic E-state index is 13.5. The Morgan fingerprint density at radius 2 is 1.00 bits per heavy atom. The van der Waals surface area contributed by atoms with Crippen LogP contribution in [0.5, 0.6) is 0 Å². The molecule has 0 aliphatic carbocycles. The largest absolute Gasteiger partial charge is 0.356 e. The molecular weight excluding hydrogens is 727 g/mol. The molecule has 3 fully saturated rings. The van der Waals surface area contributed by atoms with E-state index in [1.165, 1.54) is 64.3 Å². The van der Waals surface area contributed by atoms with Gasteiger partial charge in [0.25, 0.3) is 0 Å². The molecule has 10 heteroatoms. The van der Waals surface area contributed by atoms with Crippen molar-refractivity contribution in [3.63, 3.8) is 0 Å². The molecule has 57 heavy (non-hydrogen) atoms. The third-order valence-corrected chi connectivity index (χ3v) is 13.5. The predicted octanol–water partition coefficient (Wildman–Crippen LogP) is 9.47. The van der Waals surface area contributed by atoms with E-state index < -0.39 is 0 Å². The number of piperidine rings is 3. The fourth-order valence-electron chi connectivity index (χ4n) is 10.8. The molecule has 0 unspecified atom stereocenters. The van der Waals surface area contributed by atoms with Crippen molar-refractivity contribution in [3.05, 3.63) is 0 Å². The quantitative estimate of drug-likeness (QED) is 0.0763. The number of hydrogen-bond acceptors (Lipinski definition) is 7. The summed E-state index contributed by atoms with van der Waals surface area (Å²) < 4.78 is 0. The second-order valence-corrected chi connectivity index (χ2v) is 22.6. The minimum absolute atomic E-state index is 0.00561. The average Bonchev–Trinajstić information content (AvgIpc) is 3.04. The first-order chi connectivity index (χ1) is 26.2. The van der Waals surface area contributed by atoms with E-state index in [9.17, 15) is 9.59 Å². The maximum absolute atomic E-state index is 13.5. The van der Waals surface area contributed by atoms with E-state index in [4.69, 9.17) is 12.2 Å². The summed E-state index contributed by atoms with van der Waals surface area (Å²) >= 11 is 5.07. The van der Waals surface area contributed by atoms with Gasteiger partial charge in [-0.1, -0.05) is 50.7 Å². The van der Waals surface area contributed by atoms with Crippen LogP contribution in [0.2, 0.25) is 0 Å². The molecule has 0 aromatic rings. The number of urea groups is 1. The second-order valence-electron chi connectivity index (χ2n) is 22.3. The normalized spacial score (nSPS) is 22.9. The summed E-state index contributed by atoms with van der Waals surface area (Å²) in [5, 5.41) is 15.7. The van der Waals surface area contributed by atoms with E-state index in [1.807, 2.05) is 5.37 Å². The first-order valence-electron chi connectivity index (χ1n) is 23.0. The zero-order valence-electron chi connectivity index (χ0n) is 40.0.